The number of carbonyl (C=O) groups excluding carboxylic acids is 2. The molecule has 5 heteroatoms. The fourth-order valence-corrected chi connectivity index (χ4v) is 2.17. The van der Waals surface area contributed by atoms with Crippen LogP contribution in [0.2, 0.25) is 0 Å². The van der Waals surface area contributed by atoms with Gasteiger partial charge < -0.3 is 15.1 Å². The van der Waals surface area contributed by atoms with Crippen molar-refractivity contribution in [2.75, 3.05) is 26.2 Å². The fourth-order valence-electron chi connectivity index (χ4n) is 2.17. The van der Waals surface area contributed by atoms with Gasteiger partial charge in [-0.25, -0.2) is 4.79 Å². The van der Waals surface area contributed by atoms with E-state index >= 15 is 0 Å². The first-order valence-corrected chi connectivity index (χ1v) is 5.43. The summed E-state index contributed by atoms with van der Waals surface area (Å²) in [6, 6.07) is 0.186. The van der Waals surface area contributed by atoms with Crippen molar-refractivity contribution in [2.45, 2.75) is 19.9 Å². The number of hydrogen-bond donors (Lipinski definition) is 1. The van der Waals surface area contributed by atoms with Gasteiger partial charge in [0, 0.05) is 32.1 Å². The molecular weight excluding hydrogens is 194 g/mol. The van der Waals surface area contributed by atoms with E-state index in [1.165, 1.54) is 0 Å². The summed E-state index contributed by atoms with van der Waals surface area (Å²) in [6.45, 7) is 6.49. The van der Waals surface area contributed by atoms with Crippen LogP contribution in [0.1, 0.15) is 13.8 Å². The van der Waals surface area contributed by atoms with Crippen molar-refractivity contribution in [3.05, 3.63) is 0 Å². The molecule has 1 N–H and O–H groups in total. The molecule has 1 atom stereocenters. The van der Waals surface area contributed by atoms with Gasteiger partial charge >= 0.3 is 6.03 Å². The highest BCUT2D eigenvalue weighted by molar-refractivity contribution is 5.80. The molecule has 2 rings (SSSR count). The van der Waals surface area contributed by atoms with Crippen LogP contribution in [0.3, 0.4) is 0 Å². The molecule has 0 aliphatic carbocycles. The summed E-state index contributed by atoms with van der Waals surface area (Å²) in [5, 5.41) is 2.80. The Morgan fingerprint density at radius 3 is 2.87 bits per heavy atom. The van der Waals surface area contributed by atoms with Crippen molar-refractivity contribution in [2.24, 2.45) is 5.92 Å². The molecule has 0 aromatic carbocycles. The zero-order chi connectivity index (χ0) is 11.0. The second-order valence-corrected chi connectivity index (χ2v) is 4.47. The normalized spacial score (nSPS) is 25.5. The average Bonchev–Trinajstić information content (AvgIpc) is 2.59. The second-order valence-electron chi connectivity index (χ2n) is 4.47. The molecule has 3 amide bonds. The molecule has 2 fully saturated rings. The average molecular weight is 211 g/mol. The minimum absolute atomic E-state index is 0.0108. The van der Waals surface area contributed by atoms with Crippen molar-refractivity contribution in [3.63, 3.8) is 0 Å². The third-order valence-electron chi connectivity index (χ3n) is 3.04. The standard InChI is InChI=1S/C10H17N3O2/c1-7(2)9(14)12-3-4-13-8(6-12)5-11-10(13)15/h7-8H,3-6H2,1-2H3,(H,11,15). The van der Waals surface area contributed by atoms with Gasteiger partial charge in [-0.2, -0.15) is 0 Å². The van der Waals surface area contributed by atoms with Crippen LogP contribution >= 0.6 is 0 Å². The van der Waals surface area contributed by atoms with Crippen LogP contribution in [0.25, 0.3) is 0 Å². The van der Waals surface area contributed by atoms with Crippen LogP contribution in [0, 0.1) is 5.92 Å². The van der Waals surface area contributed by atoms with Crippen LogP contribution < -0.4 is 5.32 Å². The molecular formula is C10H17N3O2. The lowest BCUT2D eigenvalue weighted by Gasteiger charge is -2.37. The Labute approximate surface area is 89.4 Å². The highest BCUT2D eigenvalue weighted by atomic mass is 16.2. The number of nitrogens with zero attached hydrogens (tertiary/aromatic N) is 2. The molecule has 1 unspecified atom stereocenters. The fraction of sp³-hybridized carbons (Fsp3) is 0.800. The van der Waals surface area contributed by atoms with Crippen molar-refractivity contribution >= 4 is 11.9 Å². The zero-order valence-corrected chi connectivity index (χ0v) is 9.19. The van der Waals surface area contributed by atoms with E-state index in [1.54, 1.807) is 0 Å². The third-order valence-corrected chi connectivity index (χ3v) is 3.04. The van der Waals surface area contributed by atoms with E-state index in [2.05, 4.69) is 5.32 Å². The zero-order valence-electron chi connectivity index (χ0n) is 9.19. The summed E-state index contributed by atoms with van der Waals surface area (Å²) in [7, 11) is 0. The minimum Gasteiger partial charge on any atom is -0.339 e. The maximum Gasteiger partial charge on any atom is 0.317 e. The topological polar surface area (TPSA) is 52.7 Å². The lowest BCUT2D eigenvalue weighted by atomic mass is 10.1. The van der Waals surface area contributed by atoms with Gasteiger partial charge in [0.1, 0.15) is 0 Å². The van der Waals surface area contributed by atoms with E-state index in [0.717, 1.165) is 0 Å². The summed E-state index contributed by atoms with van der Waals surface area (Å²) >= 11 is 0. The van der Waals surface area contributed by atoms with E-state index in [1.807, 2.05) is 23.6 Å². The number of amides is 3. The molecule has 0 aromatic rings. The first-order valence-electron chi connectivity index (χ1n) is 5.43. The number of nitrogens with one attached hydrogen (secondary N) is 1. The van der Waals surface area contributed by atoms with Crippen LogP contribution in [0.5, 0.6) is 0 Å². The van der Waals surface area contributed by atoms with Crippen molar-refractivity contribution < 1.29 is 9.59 Å². The van der Waals surface area contributed by atoms with Gasteiger partial charge in [-0.15, -0.1) is 0 Å². The van der Waals surface area contributed by atoms with Crippen LogP contribution in [-0.2, 0) is 4.79 Å². The minimum atomic E-state index is 0.0108. The van der Waals surface area contributed by atoms with E-state index in [4.69, 9.17) is 0 Å². The third kappa shape index (κ3) is 1.78. The Morgan fingerprint density at radius 1 is 1.47 bits per heavy atom. The van der Waals surface area contributed by atoms with Crippen molar-refractivity contribution in [1.82, 2.24) is 15.1 Å². The summed E-state index contributed by atoms with van der Waals surface area (Å²) in [4.78, 5) is 26.8. The van der Waals surface area contributed by atoms with E-state index in [0.29, 0.717) is 26.2 Å². The number of piperazine rings is 1. The Morgan fingerprint density at radius 2 is 2.20 bits per heavy atom. The van der Waals surface area contributed by atoms with Crippen molar-refractivity contribution in [1.29, 1.82) is 0 Å². The maximum absolute atomic E-state index is 11.8. The molecule has 2 saturated heterocycles. The summed E-state index contributed by atoms with van der Waals surface area (Å²) in [5.74, 6) is 0.232. The first kappa shape index (κ1) is 10.3. The summed E-state index contributed by atoms with van der Waals surface area (Å²) in [6.07, 6.45) is 0. The molecule has 84 valence electrons. The molecule has 15 heavy (non-hydrogen) atoms. The molecule has 0 bridgehead atoms. The van der Waals surface area contributed by atoms with Gasteiger partial charge in [-0.1, -0.05) is 13.8 Å². The highest BCUT2D eigenvalue weighted by Gasteiger charge is 2.37. The molecule has 2 aliphatic rings. The van der Waals surface area contributed by atoms with Gasteiger partial charge in [0.05, 0.1) is 6.04 Å². The predicted octanol–water partition coefficient (Wildman–Crippen LogP) is -0.122. The van der Waals surface area contributed by atoms with Gasteiger partial charge in [0.15, 0.2) is 0 Å². The first-order chi connectivity index (χ1) is 7.09. The lowest BCUT2D eigenvalue weighted by Crippen LogP contribution is -2.54. The molecule has 5 nitrogen and oxygen atoms in total. The highest BCUT2D eigenvalue weighted by Crippen LogP contribution is 2.15. The Bertz CT molecular complexity index is 290. The van der Waals surface area contributed by atoms with Gasteiger partial charge in [0.25, 0.3) is 0 Å². The van der Waals surface area contributed by atoms with E-state index < -0.39 is 0 Å². The number of fused-ring (bicyclic) bond motifs is 1. The van der Waals surface area contributed by atoms with Crippen LogP contribution in [-0.4, -0.2) is 54.0 Å². The molecule has 0 aromatic heterocycles. The predicted molar refractivity (Wildman–Crippen MR) is 55.3 cm³/mol. The quantitative estimate of drug-likeness (QED) is 0.657. The molecule has 0 saturated carbocycles. The second kappa shape index (κ2) is 3.72. The van der Waals surface area contributed by atoms with E-state index in [-0.39, 0.29) is 23.9 Å². The Balaban J connectivity index is 1.99. The number of hydrogen-bond acceptors (Lipinski definition) is 2. The maximum atomic E-state index is 11.8. The van der Waals surface area contributed by atoms with Gasteiger partial charge in [-0.05, 0) is 0 Å². The molecule has 2 heterocycles. The smallest absolute Gasteiger partial charge is 0.317 e. The number of urea groups is 1. The van der Waals surface area contributed by atoms with Gasteiger partial charge in [-0.3, -0.25) is 4.79 Å². The van der Waals surface area contributed by atoms with E-state index in [9.17, 15) is 9.59 Å². The lowest BCUT2D eigenvalue weighted by molar-refractivity contribution is -0.136. The Kier molecular flexibility index (Phi) is 2.54. The van der Waals surface area contributed by atoms with Gasteiger partial charge in [0.2, 0.25) is 5.91 Å². The monoisotopic (exact) mass is 211 g/mol. The summed E-state index contributed by atoms with van der Waals surface area (Å²) < 4.78 is 0. The molecule has 0 radical (unpaired) electrons. The molecule has 2 aliphatic heterocycles. The Hall–Kier alpha value is -1.26. The SMILES string of the molecule is CC(C)C(=O)N1CCN2C(=O)NCC2C1. The number of carbonyl (C=O) groups is 2. The van der Waals surface area contributed by atoms with Crippen molar-refractivity contribution in [3.8, 4) is 0 Å². The van der Waals surface area contributed by atoms with Crippen LogP contribution in [0.4, 0.5) is 4.79 Å². The number of rotatable bonds is 1. The summed E-state index contributed by atoms with van der Waals surface area (Å²) in [5.41, 5.74) is 0. The molecule has 0 spiro atoms. The van der Waals surface area contributed by atoms with Crippen LogP contribution in [0.15, 0.2) is 0 Å². The largest absolute Gasteiger partial charge is 0.339 e.